The molecule has 0 radical (unpaired) electrons. The maximum Gasteiger partial charge on any atom is 0.0849 e. The predicted octanol–water partition coefficient (Wildman–Crippen LogP) is 1.91. The molecule has 0 aliphatic carbocycles. The molecule has 1 N–H and O–H groups in total. The van der Waals surface area contributed by atoms with Crippen molar-refractivity contribution in [2.24, 2.45) is 0 Å². The number of likely N-dealkylation sites (N-methyl/N-ethyl adjacent to an activating group) is 1. The Bertz CT molecular complexity index is 176. The highest BCUT2D eigenvalue weighted by molar-refractivity contribution is 5.12. The van der Waals surface area contributed by atoms with E-state index in [9.17, 15) is 10.3 Å². The Kier molecular flexibility index (Phi) is 4.10. The van der Waals surface area contributed by atoms with Gasteiger partial charge < -0.3 is 15.4 Å². The van der Waals surface area contributed by atoms with Crippen LogP contribution in [0, 0.1) is 5.21 Å². The molecule has 0 aromatic rings. The molecule has 0 heterocycles. The number of hydrogen-bond acceptors (Lipinski definition) is 3. The van der Waals surface area contributed by atoms with Gasteiger partial charge in [-0.05, 0) is 26.8 Å². The molecule has 0 aliphatic rings. The number of hydrogen-bond donors (Lipinski definition) is 1. The highest BCUT2D eigenvalue weighted by Gasteiger charge is 2.41. The zero-order valence-electron chi connectivity index (χ0n) is 9.00. The minimum absolute atomic E-state index is 0.540. The fourth-order valence-electron chi connectivity index (χ4n) is 1.58. The molecule has 78 valence electrons. The van der Waals surface area contributed by atoms with Crippen LogP contribution in [0.4, 0.5) is 0 Å². The van der Waals surface area contributed by atoms with Gasteiger partial charge in [0.1, 0.15) is 0 Å². The lowest BCUT2D eigenvalue weighted by molar-refractivity contribution is -0.0649. The molecule has 1 atom stereocenters. The van der Waals surface area contributed by atoms with E-state index in [1.165, 1.54) is 13.1 Å². The maximum absolute atomic E-state index is 11.3. The molecule has 0 rings (SSSR count). The topological polar surface area (TPSA) is 46.5 Å². The number of rotatable bonds is 5. The van der Waals surface area contributed by atoms with Crippen LogP contribution in [-0.2, 0) is 0 Å². The van der Waals surface area contributed by atoms with Gasteiger partial charge >= 0.3 is 0 Å². The van der Waals surface area contributed by atoms with Crippen LogP contribution in [0.5, 0.6) is 0 Å². The van der Waals surface area contributed by atoms with E-state index in [0.29, 0.717) is 12.8 Å². The quantitative estimate of drug-likeness (QED) is 0.527. The van der Waals surface area contributed by atoms with Crippen molar-refractivity contribution in [3.63, 3.8) is 0 Å². The number of aliphatic hydroxyl groups is 1. The molecule has 0 saturated carbocycles. The van der Waals surface area contributed by atoms with Gasteiger partial charge in [-0.3, -0.25) is 0 Å². The second-order valence-corrected chi connectivity index (χ2v) is 3.59. The van der Waals surface area contributed by atoms with Crippen LogP contribution in [-0.4, -0.2) is 28.4 Å². The van der Waals surface area contributed by atoms with Crippen LogP contribution < -0.4 is 0 Å². The molecule has 0 aliphatic heterocycles. The third-order valence-electron chi connectivity index (χ3n) is 3.16. The van der Waals surface area contributed by atoms with Gasteiger partial charge in [0.25, 0.3) is 0 Å². The maximum atomic E-state index is 11.3. The Morgan fingerprint density at radius 1 is 1.46 bits per heavy atom. The first-order valence-electron chi connectivity index (χ1n) is 4.65. The van der Waals surface area contributed by atoms with Gasteiger partial charge in [-0.25, -0.2) is 0 Å². The average molecular weight is 186 g/mol. The summed E-state index contributed by atoms with van der Waals surface area (Å²) in [6, 6.07) is 0. The van der Waals surface area contributed by atoms with Gasteiger partial charge in [0.15, 0.2) is 0 Å². The van der Waals surface area contributed by atoms with Gasteiger partial charge in [-0.15, -0.1) is 6.58 Å². The SMILES string of the molecule is C=CC(C)(N(C)[O-])C(O)(CC)CC. The average Bonchev–Trinajstić information content (AvgIpc) is 2.14. The Morgan fingerprint density at radius 3 is 1.92 bits per heavy atom. The van der Waals surface area contributed by atoms with E-state index in [4.69, 9.17) is 0 Å². The summed E-state index contributed by atoms with van der Waals surface area (Å²) in [5.41, 5.74) is -1.90. The lowest BCUT2D eigenvalue weighted by Gasteiger charge is -2.51. The lowest BCUT2D eigenvalue weighted by Crippen LogP contribution is -2.57. The molecule has 1 unspecified atom stereocenters. The van der Waals surface area contributed by atoms with E-state index >= 15 is 0 Å². The van der Waals surface area contributed by atoms with Crippen molar-refractivity contribution in [1.82, 2.24) is 5.06 Å². The standard InChI is InChI=1S/C10H20NO2/c1-6-9(4,11(5)13)10(12,7-2)8-3/h6,12H,1,7-8H2,2-5H3/q-1. The summed E-state index contributed by atoms with van der Waals surface area (Å²) in [6.45, 7) is 9.06. The first kappa shape index (κ1) is 12.6. The molecule has 0 aromatic heterocycles. The third-order valence-corrected chi connectivity index (χ3v) is 3.16. The van der Waals surface area contributed by atoms with Crippen LogP contribution in [0.1, 0.15) is 33.6 Å². The van der Waals surface area contributed by atoms with Crippen molar-refractivity contribution < 1.29 is 5.11 Å². The molecule has 0 amide bonds. The lowest BCUT2D eigenvalue weighted by atomic mass is 9.77. The second kappa shape index (κ2) is 4.22. The highest BCUT2D eigenvalue weighted by Crippen LogP contribution is 2.33. The van der Waals surface area contributed by atoms with Crippen LogP contribution in [0.3, 0.4) is 0 Å². The minimum atomic E-state index is -0.995. The van der Waals surface area contributed by atoms with E-state index in [1.54, 1.807) is 6.92 Å². The summed E-state index contributed by atoms with van der Waals surface area (Å²) in [7, 11) is 1.41. The summed E-state index contributed by atoms with van der Waals surface area (Å²) < 4.78 is 0. The van der Waals surface area contributed by atoms with Crippen molar-refractivity contribution in [2.45, 2.75) is 44.8 Å². The molecular formula is C10H20NO2-. The van der Waals surface area contributed by atoms with Crippen molar-refractivity contribution >= 4 is 0 Å². The van der Waals surface area contributed by atoms with Crippen molar-refractivity contribution in [3.05, 3.63) is 17.9 Å². The van der Waals surface area contributed by atoms with E-state index in [1.807, 2.05) is 13.8 Å². The summed E-state index contributed by atoms with van der Waals surface area (Å²) in [6.07, 6.45) is 2.60. The van der Waals surface area contributed by atoms with Gasteiger partial charge in [0.2, 0.25) is 0 Å². The zero-order chi connectivity index (χ0) is 10.7. The Labute approximate surface area is 80.6 Å². The molecule has 3 nitrogen and oxygen atoms in total. The molecule has 0 aromatic carbocycles. The Hall–Kier alpha value is -0.380. The van der Waals surface area contributed by atoms with E-state index in [2.05, 4.69) is 6.58 Å². The summed E-state index contributed by atoms with van der Waals surface area (Å²) in [5.74, 6) is 0. The smallest absolute Gasteiger partial charge is 0.0849 e. The largest absolute Gasteiger partial charge is 0.785 e. The molecule has 13 heavy (non-hydrogen) atoms. The molecule has 0 saturated heterocycles. The van der Waals surface area contributed by atoms with Gasteiger partial charge in [0.05, 0.1) is 11.1 Å². The molecule has 0 fully saturated rings. The minimum Gasteiger partial charge on any atom is -0.785 e. The van der Waals surface area contributed by atoms with Crippen molar-refractivity contribution in [3.8, 4) is 0 Å². The van der Waals surface area contributed by atoms with Crippen LogP contribution in [0.25, 0.3) is 0 Å². The Balaban J connectivity index is 5.02. The van der Waals surface area contributed by atoms with Gasteiger partial charge in [0, 0.05) is 0 Å². The Morgan fingerprint density at radius 2 is 1.85 bits per heavy atom. The zero-order valence-corrected chi connectivity index (χ0v) is 9.00. The predicted molar refractivity (Wildman–Crippen MR) is 55.3 cm³/mol. The van der Waals surface area contributed by atoms with Gasteiger partial charge in [-0.2, -0.15) is 0 Å². The van der Waals surface area contributed by atoms with Crippen LogP contribution in [0.2, 0.25) is 0 Å². The fourth-order valence-corrected chi connectivity index (χ4v) is 1.58. The number of hydroxylamine groups is 2. The van der Waals surface area contributed by atoms with Crippen molar-refractivity contribution in [2.75, 3.05) is 7.05 Å². The van der Waals surface area contributed by atoms with Crippen LogP contribution >= 0.6 is 0 Å². The fraction of sp³-hybridized carbons (Fsp3) is 0.800. The van der Waals surface area contributed by atoms with E-state index in [-0.39, 0.29) is 0 Å². The summed E-state index contributed by atoms with van der Waals surface area (Å²) in [5, 5.41) is 22.3. The summed E-state index contributed by atoms with van der Waals surface area (Å²) in [4.78, 5) is 0. The first-order chi connectivity index (χ1) is 5.88. The summed E-state index contributed by atoms with van der Waals surface area (Å²) >= 11 is 0. The first-order valence-corrected chi connectivity index (χ1v) is 4.65. The number of nitrogens with zero attached hydrogens (tertiary/aromatic N) is 1. The second-order valence-electron chi connectivity index (χ2n) is 3.59. The normalized spacial score (nSPS) is 17.2. The monoisotopic (exact) mass is 186 g/mol. The molecule has 0 spiro atoms. The highest BCUT2D eigenvalue weighted by atomic mass is 16.5. The van der Waals surface area contributed by atoms with E-state index < -0.39 is 11.1 Å². The van der Waals surface area contributed by atoms with Gasteiger partial charge in [-0.1, -0.05) is 19.9 Å². The molecular weight excluding hydrogens is 166 g/mol. The van der Waals surface area contributed by atoms with Crippen LogP contribution in [0.15, 0.2) is 12.7 Å². The molecule has 0 bridgehead atoms. The molecule has 3 heteroatoms. The van der Waals surface area contributed by atoms with E-state index in [0.717, 1.165) is 5.06 Å². The van der Waals surface area contributed by atoms with Crippen molar-refractivity contribution in [1.29, 1.82) is 0 Å². The third kappa shape index (κ3) is 1.93.